The van der Waals surface area contributed by atoms with Gasteiger partial charge < -0.3 is 10.4 Å². The number of carboxylic acid groups (broad SMARTS) is 1. The Morgan fingerprint density at radius 2 is 2.00 bits per heavy atom. The predicted octanol–water partition coefficient (Wildman–Crippen LogP) is 3.21. The van der Waals surface area contributed by atoms with Crippen molar-refractivity contribution < 1.29 is 14.8 Å². The summed E-state index contributed by atoms with van der Waals surface area (Å²) in [6, 6.07) is 11.2. The van der Waals surface area contributed by atoms with Crippen LogP contribution in [0.25, 0.3) is 0 Å². The van der Waals surface area contributed by atoms with E-state index >= 15 is 0 Å². The van der Waals surface area contributed by atoms with E-state index in [4.69, 9.17) is 5.11 Å². The summed E-state index contributed by atoms with van der Waals surface area (Å²) in [5, 5.41) is 23.0. The van der Waals surface area contributed by atoms with Gasteiger partial charge in [0.25, 0.3) is 5.69 Å². The molecule has 0 heterocycles. The molecule has 0 aliphatic heterocycles. The van der Waals surface area contributed by atoms with E-state index in [1.165, 1.54) is 18.2 Å². The number of carboxylic acids is 1. The van der Waals surface area contributed by atoms with Crippen LogP contribution in [0.2, 0.25) is 0 Å². The second-order valence-electron chi connectivity index (χ2n) is 4.57. The van der Waals surface area contributed by atoms with Crippen molar-refractivity contribution in [2.75, 3.05) is 5.32 Å². The lowest BCUT2D eigenvalue weighted by atomic mass is 10.1. The SMILES string of the molecule is Cc1ccc(C(=O)O)cc1NCc1ccccc1[N+](=O)[O-]. The van der Waals surface area contributed by atoms with Crippen LogP contribution in [0.1, 0.15) is 21.5 Å². The molecule has 0 spiro atoms. The van der Waals surface area contributed by atoms with Crippen molar-refractivity contribution in [2.45, 2.75) is 13.5 Å². The van der Waals surface area contributed by atoms with Crippen LogP contribution in [0, 0.1) is 17.0 Å². The Kier molecular flexibility index (Phi) is 4.18. The lowest BCUT2D eigenvalue weighted by Crippen LogP contribution is -2.05. The highest BCUT2D eigenvalue weighted by molar-refractivity contribution is 5.89. The van der Waals surface area contributed by atoms with Gasteiger partial charge in [0.05, 0.1) is 10.5 Å². The third-order valence-electron chi connectivity index (χ3n) is 3.14. The van der Waals surface area contributed by atoms with Gasteiger partial charge in [-0.1, -0.05) is 24.3 Å². The van der Waals surface area contributed by atoms with Crippen molar-refractivity contribution in [1.82, 2.24) is 0 Å². The molecule has 0 bridgehead atoms. The molecule has 108 valence electrons. The minimum atomic E-state index is -1.01. The largest absolute Gasteiger partial charge is 0.478 e. The molecule has 0 fully saturated rings. The quantitative estimate of drug-likeness (QED) is 0.650. The first kappa shape index (κ1) is 14.5. The van der Waals surface area contributed by atoms with Gasteiger partial charge in [-0.25, -0.2) is 4.79 Å². The maximum Gasteiger partial charge on any atom is 0.335 e. The highest BCUT2D eigenvalue weighted by Gasteiger charge is 2.12. The molecule has 0 saturated carbocycles. The predicted molar refractivity (Wildman–Crippen MR) is 78.6 cm³/mol. The number of rotatable bonds is 5. The number of carbonyl (C=O) groups is 1. The van der Waals surface area contributed by atoms with Crippen LogP contribution in [0.4, 0.5) is 11.4 Å². The third kappa shape index (κ3) is 3.36. The molecule has 0 aromatic heterocycles. The normalized spacial score (nSPS) is 10.1. The Morgan fingerprint density at radius 3 is 2.67 bits per heavy atom. The van der Waals surface area contributed by atoms with E-state index in [1.807, 2.05) is 6.92 Å². The van der Waals surface area contributed by atoms with Gasteiger partial charge in [-0.15, -0.1) is 0 Å². The number of nitrogens with one attached hydrogen (secondary N) is 1. The number of nitrogens with zero attached hydrogens (tertiary/aromatic N) is 1. The number of benzene rings is 2. The molecule has 6 nitrogen and oxygen atoms in total. The first-order valence-corrected chi connectivity index (χ1v) is 6.29. The molecule has 2 rings (SSSR count). The number of nitro benzene ring substituents is 1. The topological polar surface area (TPSA) is 92.5 Å². The first-order valence-electron chi connectivity index (χ1n) is 6.29. The third-order valence-corrected chi connectivity index (χ3v) is 3.14. The van der Waals surface area contributed by atoms with Gasteiger partial charge in [-0.3, -0.25) is 10.1 Å². The lowest BCUT2D eigenvalue weighted by molar-refractivity contribution is -0.385. The molecule has 2 aromatic carbocycles. The average Bonchev–Trinajstić information content (AvgIpc) is 2.46. The smallest absolute Gasteiger partial charge is 0.335 e. The van der Waals surface area contributed by atoms with Gasteiger partial charge >= 0.3 is 5.97 Å². The number of nitro groups is 1. The van der Waals surface area contributed by atoms with Crippen LogP contribution in [0.3, 0.4) is 0 Å². The standard InChI is InChI=1S/C15H14N2O4/c1-10-6-7-11(15(18)19)8-13(10)16-9-12-4-2-3-5-14(12)17(20)21/h2-8,16H,9H2,1H3,(H,18,19). The maximum atomic E-state index is 11.0. The lowest BCUT2D eigenvalue weighted by Gasteiger charge is -2.10. The summed E-state index contributed by atoms with van der Waals surface area (Å²) in [6.45, 7) is 2.09. The van der Waals surface area contributed by atoms with E-state index in [0.717, 1.165) is 5.56 Å². The molecule has 0 aliphatic carbocycles. The minimum absolute atomic E-state index is 0.0389. The van der Waals surface area contributed by atoms with E-state index in [1.54, 1.807) is 24.3 Å². The summed E-state index contributed by atoms with van der Waals surface area (Å²) in [5.41, 5.74) is 2.27. The molecule has 0 aliphatic rings. The van der Waals surface area contributed by atoms with Crippen LogP contribution in [0.15, 0.2) is 42.5 Å². The van der Waals surface area contributed by atoms with Crippen LogP contribution in [-0.2, 0) is 6.54 Å². The van der Waals surface area contributed by atoms with E-state index < -0.39 is 10.9 Å². The fraction of sp³-hybridized carbons (Fsp3) is 0.133. The number of hydrogen-bond acceptors (Lipinski definition) is 4. The summed E-state index contributed by atoms with van der Waals surface area (Å²) < 4.78 is 0. The van der Waals surface area contributed by atoms with E-state index in [0.29, 0.717) is 11.3 Å². The Hall–Kier alpha value is -2.89. The molecular weight excluding hydrogens is 272 g/mol. The zero-order valence-corrected chi connectivity index (χ0v) is 11.4. The molecular formula is C15H14N2O4. The van der Waals surface area contributed by atoms with Crippen LogP contribution >= 0.6 is 0 Å². The second kappa shape index (κ2) is 6.04. The minimum Gasteiger partial charge on any atom is -0.478 e. The van der Waals surface area contributed by atoms with Crippen molar-refractivity contribution in [2.24, 2.45) is 0 Å². The Bertz CT molecular complexity index is 698. The zero-order chi connectivity index (χ0) is 15.4. The van der Waals surface area contributed by atoms with Crippen LogP contribution in [0.5, 0.6) is 0 Å². The van der Waals surface area contributed by atoms with E-state index in [9.17, 15) is 14.9 Å². The highest BCUT2D eigenvalue weighted by Crippen LogP contribution is 2.21. The monoisotopic (exact) mass is 286 g/mol. The Balaban J connectivity index is 2.22. The molecule has 0 amide bonds. The van der Waals surface area contributed by atoms with Crippen LogP contribution in [-0.4, -0.2) is 16.0 Å². The summed E-state index contributed by atoms with van der Waals surface area (Å²) in [5.74, 6) is -1.01. The molecule has 0 unspecified atom stereocenters. The van der Waals surface area contributed by atoms with Gasteiger partial charge in [0.15, 0.2) is 0 Å². The van der Waals surface area contributed by atoms with E-state index in [2.05, 4.69) is 5.32 Å². The molecule has 0 saturated heterocycles. The summed E-state index contributed by atoms with van der Waals surface area (Å²) in [4.78, 5) is 21.5. The van der Waals surface area contributed by atoms with Crippen molar-refractivity contribution in [3.63, 3.8) is 0 Å². The van der Waals surface area contributed by atoms with Crippen molar-refractivity contribution in [1.29, 1.82) is 0 Å². The van der Waals surface area contributed by atoms with Gasteiger partial charge in [-0.05, 0) is 24.6 Å². The molecule has 0 atom stereocenters. The van der Waals surface area contributed by atoms with Crippen LogP contribution < -0.4 is 5.32 Å². The van der Waals surface area contributed by atoms with Gasteiger partial charge in [0.2, 0.25) is 0 Å². The van der Waals surface area contributed by atoms with E-state index in [-0.39, 0.29) is 17.8 Å². The molecule has 2 N–H and O–H groups in total. The van der Waals surface area contributed by atoms with Crippen molar-refractivity contribution >= 4 is 17.3 Å². The van der Waals surface area contributed by atoms with Gasteiger partial charge in [0.1, 0.15) is 0 Å². The number of aromatic carboxylic acids is 1. The summed E-state index contributed by atoms with van der Waals surface area (Å²) >= 11 is 0. The number of para-hydroxylation sites is 1. The van der Waals surface area contributed by atoms with Crippen molar-refractivity contribution in [3.05, 3.63) is 69.3 Å². The number of aryl methyl sites for hydroxylation is 1. The fourth-order valence-electron chi connectivity index (χ4n) is 1.97. The molecule has 21 heavy (non-hydrogen) atoms. The molecule has 6 heteroatoms. The number of anilines is 1. The summed E-state index contributed by atoms with van der Waals surface area (Å²) in [6.07, 6.45) is 0. The number of hydrogen-bond donors (Lipinski definition) is 2. The van der Waals surface area contributed by atoms with Gasteiger partial charge in [0, 0.05) is 23.9 Å². The Labute approximate surface area is 121 Å². The fourth-order valence-corrected chi connectivity index (χ4v) is 1.97. The molecule has 2 aromatic rings. The second-order valence-corrected chi connectivity index (χ2v) is 4.57. The first-order chi connectivity index (χ1) is 9.99. The summed E-state index contributed by atoms with van der Waals surface area (Å²) in [7, 11) is 0. The van der Waals surface area contributed by atoms with Crippen molar-refractivity contribution in [3.8, 4) is 0 Å². The maximum absolute atomic E-state index is 11.0. The zero-order valence-electron chi connectivity index (χ0n) is 11.4. The highest BCUT2D eigenvalue weighted by atomic mass is 16.6. The Morgan fingerprint density at radius 1 is 1.29 bits per heavy atom. The molecule has 0 radical (unpaired) electrons. The average molecular weight is 286 g/mol. The van der Waals surface area contributed by atoms with Gasteiger partial charge in [-0.2, -0.15) is 0 Å².